The predicted octanol–water partition coefficient (Wildman–Crippen LogP) is 4.37. The number of nitrogens with zero attached hydrogens (tertiary/aromatic N) is 3. The molecule has 204 valence electrons. The van der Waals surface area contributed by atoms with Gasteiger partial charge >= 0.3 is 5.97 Å². The molecular formula is C29H33N5O5. The molecule has 8 rings (SSSR count). The van der Waals surface area contributed by atoms with Gasteiger partial charge in [0.05, 0.1) is 34.8 Å². The zero-order valence-electron chi connectivity index (χ0n) is 21.9. The van der Waals surface area contributed by atoms with Crippen LogP contribution in [0.4, 0.5) is 11.5 Å². The summed E-state index contributed by atoms with van der Waals surface area (Å²) in [5.41, 5.74) is 2.85. The van der Waals surface area contributed by atoms with Gasteiger partial charge in [-0.05, 0) is 75.0 Å². The molecule has 2 bridgehead atoms. The van der Waals surface area contributed by atoms with Gasteiger partial charge in [-0.3, -0.25) is 9.59 Å². The van der Waals surface area contributed by atoms with Crippen LogP contribution in [0.1, 0.15) is 51.4 Å². The normalized spacial score (nSPS) is 26.8. The molecule has 0 atom stereocenters. The summed E-state index contributed by atoms with van der Waals surface area (Å²) in [4.78, 5) is 38.4. The minimum Gasteiger partial charge on any atom is -0.481 e. The second kappa shape index (κ2) is 9.22. The average Bonchev–Trinajstić information content (AvgIpc) is 3.39. The van der Waals surface area contributed by atoms with Crippen molar-refractivity contribution in [2.75, 3.05) is 36.5 Å². The Bertz CT molecular complexity index is 1400. The van der Waals surface area contributed by atoms with Crippen LogP contribution in [0.5, 0.6) is 5.75 Å². The number of benzene rings is 1. The zero-order valence-corrected chi connectivity index (χ0v) is 21.9. The first kappa shape index (κ1) is 24.4. The number of fused-ring (bicyclic) bond motifs is 5. The van der Waals surface area contributed by atoms with E-state index in [9.17, 15) is 14.7 Å². The van der Waals surface area contributed by atoms with E-state index in [0.717, 1.165) is 99.3 Å². The Morgan fingerprint density at radius 2 is 1.90 bits per heavy atom. The summed E-state index contributed by atoms with van der Waals surface area (Å²) in [6.45, 7) is 2.57. The number of carbonyl (C=O) groups is 2. The number of hydrogen-bond acceptors (Lipinski definition) is 7. The van der Waals surface area contributed by atoms with Crippen LogP contribution >= 0.6 is 0 Å². The maximum Gasteiger partial charge on any atom is 0.309 e. The molecule has 3 saturated carbocycles. The summed E-state index contributed by atoms with van der Waals surface area (Å²) < 4.78 is 11.9. The van der Waals surface area contributed by atoms with Gasteiger partial charge in [0.1, 0.15) is 17.4 Å². The Kier molecular flexibility index (Phi) is 5.77. The number of aromatic amines is 1. The van der Waals surface area contributed by atoms with E-state index >= 15 is 0 Å². The van der Waals surface area contributed by atoms with Crippen LogP contribution in [0.2, 0.25) is 0 Å². The minimum absolute atomic E-state index is 0.0144. The fourth-order valence-electron chi connectivity index (χ4n) is 6.78. The Balaban J connectivity index is 0.947. The SMILES string of the molecule is O=C1COc2cc3nc(-c4ccc(N5CCC(OCC67CCC(C(=O)O)(CC6)CC7)CC5)nc4)[nH]c3cc2N1. The predicted molar refractivity (Wildman–Crippen MR) is 145 cm³/mol. The summed E-state index contributed by atoms with van der Waals surface area (Å²) in [5.74, 6) is 1.52. The Morgan fingerprint density at radius 3 is 2.59 bits per heavy atom. The number of carboxylic acid groups (broad SMARTS) is 1. The van der Waals surface area contributed by atoms with E-state index in [4.69, 9.17) is 19.4 Å². The van der Waals surface area contributed by atoms with Gasteiger partial charge in [0.15, 0.2) is 6.61 Å². The lowest BCUT2D eigenvalue weighted by atomic mass is 9.54. The van der Waals surface area contributed by atoms with Crippen LogP contribution in [-0.2, 0) is 14.3 Å². The molecule has 3 aromatic rings. The van der Waals surface area contributed by atoms with Crippen LogP contribution in [-0.4, -0.2) is 64.3 Å². The third kappa shape index (κ3) is 4.40. The fourth-order valence-corrected chi connectivity index (χ4v) is 6.78. The Labute approximate surface area is 226 Å². The molecule has 1 saturated heterocycles. The van der Waals surface area contributed by atoms with E-state index in [1.165, 1.54) is 0 Å². The van der Waals surface area contributed by atoms with Crippen molar-refractivity contribution in [1.29, 1.82) is 0 Å². The molecule has 3 N–H and O–H groups in total. The molecule has 0 spiro atoms. The van der Waals surface area contributed by atoms with Gasteiger partial charge < -0.3 is 29.8 Å². The molecule has 2 aliphatic heterocycles. The summed E-state index contributed by atoms with van der Waals surface area (Å²) >= 11 is 0. The molecule has 4 heterocycles. The topological polar surface area (TPSA) is 130 Å². The van der Waals surface area contributed by atoms with Crippen molar-refractivity contribution in [3.63, 3.8) is 0 Å². The number of nitrogens with one attached hydrogen (secondary N) is 2. The number of ether oxygens (including phenoxy) is 2. The molecule has 39 heavy (non-hydrogen) atoms. The number of carbonyl (C=O) groups excluding carboxylic acids is 1. The number of piperidine rings is 1. The number of amides is 1. The highest BCUT2D eigenvalue weighted by atomic mass is 16.5. The second-order valence-corrected chi connectivity index (χ2v) is 11.8. The van der Waals surface area contributed by atoms with Crippen LogP contribution in [0.3, 0.4) is 0 Å². The van der Waals surface area contributed by atoms with Gasteiger partial charge in [-0.25, -0.2) is 9.97 Å². The van der Waals surface area contributed by atoms with Gasteiger partial charge in [0.2, 0.25) is 0 Å². The first-order valence-electron chi connectivity index (χ1n) is 13.9. The number of anilines is 2. The maximum atomic E-state index is 11.7. The lowest BCUT2D eigenvalue weighted by Gasteiger charge is -2.51. The van der Waals surface area contributed by atoms with E-state index in [1.807, 2.05) is 30.5 Å². The highest BCUT2D eigenvalue weighted by Crippen LogP contribution is 2.57. The number of aromatic nitrogens is 3. The molecule has 0 unspecified atom stereocenters. The van der Waals surface area contributed by atoms with Gasteiger partial charge in [-0.1, -0.05) is 0 Å². The lowest BCUT2D eigenvalue weighted by molar-refractivity contribution is -0.162. The molecule has 1 amide bonds. The number of pyridine rings is 1. The van der Waals surface area contributed by atoms with Gasteiger partial charge in [0, 0.05) is 30.9 Å². The summed E-state index contributed by atoms with van der Waals surface area (Å²) in [7, 11) is 0. The zero-order chi connectivity index (χ0) is 26.6. The fraction of sp³-hybridized carbons (Fsp3) is 0.517. The molecule has 10 nitrogen and oxygen atoms in total. The van der Waals surface area contributed by atoms with Crippen molar-refractivity contribution in [3.05, 3.63) is 30.5 Å². The molecule has 4 fully saturated rings. The van der Waals surface area contributed by atoms with E-state index in [-0.39, 0.29) is 24.0 Å². The van der Waals surface area contributed by atoms with E-state index < -0.39 is 11.4 Å². The maximum absolute atomic E-state index is 11.7. The molecule has 3 aliphatic carbocycles. The lowest BCUT2D eigenvalue weighted by Crippen LogP contribution is -2.48. The monoisotopic (exact) mass is 531 g/mol. The minimum atomic E-state index is -0.604. The van der Waals surface area contributed by atoms with Gasteiger partial charge in [0.25, 0.3) is 5.91 Å². The molecule has 10 heteroatoms. The number of hydrogen-bond donors (Lipinski definition) is 3. The molecule has 2 aromatic heterocycles. The van der Waals surface area contributed by atoms with E-state index in [1.54, 1.807) is 0 Å². The number of rotatable bonds is 6. The molecule has 0 radical (unpaired) electrons. The summed E-state index contributed by atoms with van der Waals surface area (Å²) in [6, 6.07) is 7.75. The van der Waals surface area contributed by atoms with Crippen LogP contribution in [0.25, 0.3) is 22.4 Å². The second-order valence-electron chi connectivity index (χ2n) is 11.8. The quantitative estimate of drug-likeness (QED) is 0.428. The molecule has 1 aromatic carbocycles. The smallest absolute Gasteiger partial charge is 0.309 e. The number of aliphatic carboxylic acids is 1. The molecular weight excluding hydrogens is 498 g/mol. The van der Waals surface area contributed by atoms with Crippen molar-refractivity contribution in [3.8, 4) is 17.1 Å². The first-order valence-corrected chi connectivity index (χ1v) is 13.9. The van der Waals surface area contributed by atoms with Crippen LogP contribution in [0, 0.1) is 10.8 Å². The largest absolute Gasteiger partial charge is 0.481 e. The van der Waals surface area contributed by atoms with E-state index in [2.05, 4.69) is 15.2 Å². The van der Waals surface area contributed by atoms with Crippen LogP contribution < -0.4 is 15.0 Å². The van der Waals surface area contributed by atoms with Gasteiger partial charge in [-0.2, -0.15) is 0 Å². The highest BCUT2D eigenvalue weighted by molar-refractivity contribution is 5.98. The third-order valence-electron chi connectivity index (χ3n) is 9.48. The van der Waals surface area contributed by atoms with E-state index in [0.29, 0.717) is 11.4 Å². The summed E-state index contributed by atoms with van der Waals surface area (Å²) in [6.07, 6.45) is 9.36. The van der Waals surface area contributed by atoms with Crippen molar-refractivity contribution >= 4 is 34.4 Å². The van der Waals surface area contributed by atoms with Crippen LogP contribution in [0.15, 0.2) is 30.5 Å². The van der Waals surface area contributed by atoms with Crippen molar-refractivity contribution < 1.29 is 24.2 Å². The first-order chi connectivity index (χ1) is 18.9. The number of imidazole rings is 1. The highest BCUT2D eigenvalue weighted by Gasteiger charge is 2.52. The average molecular weight is 532 g/mol. The van der Waals surface area contributed by atoms with Gasteiger partial charge in [-0.15, -0.1) is 0 Å². The van der Waals surface area contributed by atoms with Crippen molar-refractivity contribution in [1.82, 2.24) is 15.0 Å². The Morgan fingerprint density at radius 1 is 1.13 bits per heavy atom. The Hall–Kier alpha value is -3.66. The summed E-state index contributed by atoms with van der Waals surface area (Å²) in [5, 5.41) is 12.5. The number of carboxylic acids is 1. The standard InChI is InChI=1S/C29H33N5O5/c35-25-16-38-23-14-21-20(13-22(23)31-25)32-26(33-21)18-1-2-24(30-15-18)34-11-3-19(4-12-34)39-17-28-5-8-29(9-6-28,10-7-28)27(36)37/h1-2,13-15,19H,3-12,16-17H2,(H,31,35)(H,32,33)(H,36,37). The molecule has 5 aliphatic rings. The van der Waals surface area contributed by atoms with Crippen molar-refractivity contribution in [2.24, 2.45) is 10.8 Å². The number of H-pyrrole nitrogens is 1. The third-order valence-corrected chi connectivity index (χ3v) is 9.48. The van der Waals surface area contributed by atoms with Crippen molar-refractivity contribution in [2.45, 2.75) is 57.5 Å².